The summed E-state index contributed by atoms with van der Waals surface area (Å²) in [6.07, 6.45) is -2.13. The van der Waals surface area contributed by atoms with Crippen LogP contribution in [0.5, 0.6) is 0 Å². The topological polar surface area (TPSA) is 53.0 Å². The van der Waals surface area contributed by atoms with Gasteiger partial charge in [-0.25, -0.2) is 17.6 Å². The minimum Gasteiger partial charge on any atom is -0.386 e. The van der Waals surface area contributed by atoms with Gasteiger partial charge in [-0.3, -0.25) is 9.69 Å². The fourth-order valence-electron chi connectivity index (χ4n) is 4.99. The second-order valence-corrected chi connectivity index (χ2v) is 9.97. The molecule has 1 N–H and O–H groups in total. The number of nitrogens with zero attached hydrogens (tertiary/aromatic N) is 2. The number of aliphatic hydroxyl groups is 1. The van der Waals surface area contributed by atoms with Crippen molar-refractivity contribution in [1.29, 1.82) is 0 Å². The van der Waals surface area contributed by atoms with Crippen LogP contribution in [0.25, 0.3) is 0 Å². The van der Waals surface area contributed by atoms with Crippen molar-refractivity contribution in [1.82, 2.24) is 9.80 Å². The average molecular weight is 497 g/mol. The van der Waals surface area contributed by atoms with Gasteiger partial charge in [-0.15, -0.1) is 0 Å². The fourth-order valence-corrected chi connectivity index (χ4v) is 4.99. The number of carbonyl (C=O) groups excluding carboxylic acids is 1. The van der Waals surface area contributed by atoms with Crippen molar-refractivity contribution < 1.29 is 33.6 Å². The Morgan fingerprint density at radius 2 is 1.83 bits per heavy atom. The van der Waals surface area contributed by atoms with Crippen molar-refractivity contribution in [3.05, 3.63) is 70.8 Å². The molecule has 1 amide bonds. The number of hydrogen-bond donors (Lipinski definition) is 1. The monoisotopic (exact) mass is 496 g/mol. The minimum atomic E-state index is -2.50. The van der Waals surface area contributed by atoms with Crippen LogP contribution >= 0.6 is 0 Å². The Bertz CT molecular complexity index is 1050. The molecule has 4 rings (SSSR count). The number of amides is 1. The number of alkyl halides is 2. The molecule has 9 heteroatoms. The van der Waals surface area contributed by atoms with Gasteiger partial charge in [-0.2, -0.15) is 0 Å². The molecule has 2 aromatic rings. The first-order valence-corrected chi connectivity index (χ1v) is 11.7. The van der Waals surface area contributed by atoms with Gasteiger partial charge in [0.15, 0.2) is 0 Å². The van der Waals surface area contributed by atoms with Crippen molar-refractivity contribution in [3.8, 4) is 0 Å². The van der Waals surface area contributed by atoms with Crippen LogP contribution in [0.15, 0.2) is 42.5 Å². The highest BCUT2D eigenvalue weighted by atomic mass is 19.3. The van der Waals surface area contributed by atoms with Crippen molar-refractivity contribution in [2.45, 2.75) is 50.4 Å². The number of halogens is 4. The summed E-state index contributed by atoms with van der Waals surface area (Å²) < 4.78 is 60.7. The Hall–Kier alpha value is -2.49. The number of carbonyl (C=O) groups is 1. The molecule has 1 spiro atoms. The highest BCUT2D eigenvalue weighted by molar-refractivity contribution is 5.94. The van der Waals surface area contributed by atoms with Gasteiger partial charge in [-0.05, 0) is 56.5 Å². The van der Waals surface area contributed by atoms with E-state index < -0.39 is 36.1 Å². The molecule has 0 radical (unpaired) electrons. The number of rotatable bonds is 5. The molecule has 1 unspecified atom stereocenters. The van der Waals surface area contributed by atoms with E-state index in [1.54, 1.807) is 21.9 Å². The molecule has 192 valence electrons. The molecule has 2 aliphatic heterocycles. The Labute approximate surface area is 203 Å². The Kier molecular flexibility index (Phi) is 7.22. The van der Waals surface area contributed by atoms with E-state index in [9.17, 15) is 27.5 Å². The van der Waals surface area contributed by atoms with Crippen molar-refractivity contribution in [2.75, 3.05) is 32.7 Å². The fraction of sp³-hybridized carbons (Fsp3) is 0.500. The maximum atomic E-state index is 14.5. The number of benzene rings is 2. The van der Waals surface area contributed by atoms with E-state index in [-0.39, 0.29) is 30.8 Å². The van der Waals surface area contributed by atoms with E-state index in [0.29, 0.717) is 38.0 Å². The molecule has 5 nitrogen and oxygen atoms in total. The molecule has 1 atom stereocenters. The van der Waals surface area contributed by atoms with Gasteiger partial charge in [-0.1, -0.05) is 18.2 Å². The van der Waals surface area contributed by atoms with Gasteiger partial charge in [0.25, 0.3) is 12.3 Å². The van der Waals surface area contributed by atoms with Crippen LogP contribution in [0, 0.1) is 11.6 Å². The third-order valence-corrected chi connectivity index (χ3v) is 6.80. The largest absolute Gasteiger partial charge is 0.386 e. The van der Waals surface area contributed by atoms with Crippen molar-refractivity contribution in [3.63, 3.8) is 0 Å². The van der Waals surface area contributed by atoms with Gasteiger partial charge < -0.3 is 14.7 Å². The third kappa shape index (κ3) is 5.85. The SMILES string of the molecule is CC(C)(O)c1ccc(C(=O)N2CCC3(CC2)CN(CC(F)F)CC(c2ccc(F)cc2)O3)cc1F.[HH]. The lowest BCUT2D eigenvalue weighted by Crippen LogP contribution is -2.58. The molecule has 35 heavy (non-hydrogen) atoms. The molecule has 2 saturated heterocycles. The first-order chi connectivity index (χ1) is 16.5. The Morgan fingerprint density at radius 1 is 1.17 bits per heavy atom. The van der Waals surface area contributed by atoms with Gasteiger partial charge in [0.1, 0.15) is 11.6 Å². The molecule has 0 aliphatic carbocycles. The van der Waals surface area contributed by atoms with E-state index in [0.717, 1.165) is 6.07 Å². The second-order valence-electron chi connectivity index (χ2n) is 9.97. The predicted molar refractivity (Wildman–Crippen MR) is 124 cm³/mol. The van der Waals surface area contributed by atoms with Crippen LogP contribution in [0.3, 0.4) is 0 Å². The molecule has 2 fully saturated rings. The van der Waals surface area contributed by atoms with E-state index in [4.69, 9.17) is 4.74 Å². The maximum absolute atomic E-state index is 14.5. The quantitative estimate of drug-likeness (QED) is 0.607. The number of ether oxygens (including phenoxy) is 1. The zero-order valence-electron chi connectivity index (χ0n) is 19.8. The molecule has 0 aromatic heterocycles. The molecule has 0 saturated carbocycles. The number of hydrogen-bond acceptors (Lipinski definition) is 4. The van der Waals surface area contributed by atoms with Gasteiger partial charge >= 0.3 is 0 Å². The minimum absolute atomic E-state index is 0. The van der Waals surface area contributed by atoms with E-state index in [2.05, 4.69) is 0 Å². The van der Waals surface area contributed by atoms with Crippen LogP contribution < -0.4 is 0 Å². The predicted octanol–water partition coefficient (Wildman–Crippen LogP) is 4.75. The summed E-state index contributed by atoms with van der Waals surface area (Å²) in [5.74, 6) is -1.38. The summed E-state index contributed by atoms with van der Waals surface area (Å²) >= 11 is 0. The summed E-state index contributed by atoms with van der Waals surface area (Å²) in [7, 11) is 0. The van der Waals surface area contributed by atoms with Crippen LogP contribution in [0.2, 0.25) is 0 Å². The van der Waals surface area contributed by atoms with Crippen LogP contribution in [0.4, 0.5) is 17.6 Å². The summed E-state index contributed by atoms with van der Waals surface area (Å²) in [5, 5.41) is 10.1. The molecular formula is C26H32F4N2O3. The zero-order chi connectivity index (χ0) is 25.4. The average Bonchev–Trinajstić information content (AvgIpc) is 2.78. The molecule has 2 aliphatic rings. The zero-order valence-corrected chi connectivity index (χ0v) is 19.8. The lowest BCUT2D eigenvalue weighted by Gasteiger charge is -2.50. The summed E-state index contributed by atoms with van der Waals surface area (Å²) in [6, 6.07) is 9.88. The third-order valence-electron chi connectivity index (χ3n) is 6.80. The van der Waals surface area contributed by atoms with Crippen molar-refractivity contribution in [2.24, 2.45) is 0 Å². The highest BCUT2D eigenvalue weighted by Gasteiger charge is 2.44. The Balaban J connectivity index is 0.00000361. The smallest absolute Gasteiger partial charge is 0.253 e. The van der Waals surface area contributed by atoms with Gasteiger partial charge in [0.05, 0.1) is 23.9 Å². The number of piperidine rings is 1. The van der Waals surface area contributed by atoms with Crippen LogP contribution in [-0.2, 0) is 10.3 Å². The Morgan fingerprint density at radius 3 is 2.40 bits per heavy atom. The van der Waals surface area contributed by atoms with Crippen molar-refractivity contribution >= 4 is 5.91 Å². The lowest BCUT2D eigenvalue weighted by molar-refractivity contribution is -0.180. The molecule has 2 heterocycles. The normalized spacial score (nSPS) is 21.0. The molecule has 2 aromatic carbocycles. The number of likely N-dealkylation sites (tertiary alicyclic amines) is 1. The van der Waals surface area contributed by atoms with Gasteiger partial charge in [0, 0.05) is 38.7 Å². The van der Waals surface area contributed by atoms with E-state index in [1.165, 1.54) is 38.1 Å². The summed E-state index contributed by atoms with van der Waals surface area (Å²) in [4.78, 5) is 16.3. The summed E-state index contributed by atoms with van der Waals surface area (Å²) in [6.45, 7) is 3.78. The molecule has 0 bridgehead atoms. The molecular weight excluding hydrogens is 464 g/mol. The first kappa shape index (κ1) is 25.6. The standard InChI is InChI=1S/C26H30F4N2O3.H2/c1-25(2,34)20-8-5-18(13-21(20)28)24(33)32-11-9-26(10-12-32)16-31(15-23(29)30)14-22(35-26)17-3-6-19(27)7-4-17;/h3-8,13,22-23,34H,9-12,14-16H2,1-2H3;1H. The van der Waals surface area contributed by atoms with Crippen LogP contribution in [0.1, 0.15) is 55.7 Å². The highest BCUT2D eigenvalue weighted by Crippen LogP contribution is 2.38. The van der Waals surface area contributed by atoms with E-state index in [1.807, 2.05) is 0 Å². The lowest BCUT2D eigenvalue weighted by atomic mass is 9.87. The number of morpholine rings is 1. The summed E-state index contributed by atoms with van der Waals surface area (Å²) in [5.41, 5.74) is -1.09. The van der Waals surface area contributed by atoms with E-state index >= 15 is 0 Å². The first-order valence-electron chi connectivity index (χ1n) is 11.7. The van der Waals surface area contributed by atoms with Gasteiger partial charge in [0.2, 0.25) is 0 Å². The maximum Gasteiger partial charge on any atom is 0.253 e. The second kappa shape index (κ2) is 9.87. The van der Waals surface area contributed by atoms with Crippen LogP contribution in [-0.4, -0.2) is 65.6 Å².